The Kier molecular flexibility index (Phi) is 3.41. The van der Waals surface area contributed by atoms with Gasteiger partial charge in [-0.1, -0.05) is 13.0 Å². The number of hydrogen-bond acceptors (Lipinski definition) is 3. The Hall–Kier alpha value is -1.40. The smallest absolute Gasteiger partial charge is 0.0642 e. The maximum absolute atomic E-state index is 8.50. The van der Waals surface area contributed by atoms with Gasteiger partial charge in [0, 0.05) is 6.20 Å². The molecule has 0 aliphatic carbocycles. The van der Waals surface area contributed by atoms with Crippen molar-refractivity contribution in [3.05, 3.63) is 29.6 Å². The lowest BCUT2D eigenvalue weighted by Gasteiger charge is -2.10. The second-order valence-corrected chi connectivity index (χ2v) is 2.87. The van der Waals surface area contributed by atoms with E-state index in [1.165, 1.54) is 0 Å². The minimum absolute atomic E-state index is 0.249. The van der Waals surface area contributed by atoms with Gasteiger partial charge in [0.05, 0.1) is 24.2 Å². The van der Waals surface area contributed by atoms with Gasteiger partial charge in [-0.2, -0.15) is 5.26 Å². The maximum atomic E-state index is 8.50. The summed E-state index contributed by atoms with van der Waals surface area (Å²) in [5.41, 5.74) is 7.78. The molecule has 0 saturated carbocycles. The van der Waals surface area contributed by atoms with Crippen LogP contribution in [0.4, 0.5) is 0 Å². The average molecular weight is 175 g/mol. The normalized spacial score (nSPS) is 12.1. The summed E-state index contributed by atoms with van der Waals surface area (Å²) >= 11 is 0. The van der Waals surface area contributed by atoms with Crippen LogP contribution < -0.4 is 5.73 Å². The van der Waals surface area contributed by atoms with Gasteiger partial charge in [0.25, 0.3) is 0 Å². The van der Waals surface area contributed by atoms with Crippen LogP contribution in [-0.4, -0.2) is 4.98 Å². The lowest BCUT2D eigenvalue weighted by atomic mass is 10.0. The highest BCUT2D eigenvalue weighted by Gasteiger charge is 2.10. The second-order valence-electron chi connectivity index (χ2n) is 2.87. The van der Waals surface area contributed by atoms with Crippen molar-refractivity contribution in [2.75, 3.05) is 0 Å². The zero-order chi connectivity index (χ0) is 9.68. The van der Waals surface area contributed by atoms with Gasteiger partial charge in [0.15, 0.2) is 0 Å². The number of rotatable bonds is 3. The molecular formula is C10H13N3. The number of aryl methyl sites for hydroxylation is 1. The zero-order valence-corrected chi connectivity index (χ0v) is 7.70. The van der Waals surface area contributed by atoms with E-state index in [2.05, 4.69) is 18.0 Å². The van der Waals surface area contributed by atoms with Crippen LogP contribution in [0.15, 0.2) is 18.3 Å². The Bertz CT molecular complexity index is 314. The standard InChI is InChI=1S/C10H13N3/c1-2-8-4-3-7-13-10(8)9(12)5-6-11/h3-4,7,9H,2,5,12H2,1H3/t9-/m1/s1. The predicted molar refractivity (Wildman–Crippen MR) is 50.8 cm³/mol. The lowest BCUT2D eigenvalue weighted by molar-refractivity contribution is 0.707. The minimum atomic E-state index is -0.249. The first kappa shape index (κ1) is 9.69. The van der Waals surface area contributed by atoms with Gasteiger partial charge in [-0.25, -0.2) is 0 Å². The molecule has 0 fully saturated rings. The summed E-state index contributed by atoms with van der Waals surface area (Å²) < 4.78 is 0. The molecule has 0 bridgehead atoms. The van der Waals surface area contributed by atoms with E-state index in [1.807, 2.05) is 12.1 Å². The minimum Gasteiger partial charge on any atom is -0.322 e. The second kappa shape index (κ2) is 4.58. The van der Waals surface area contributed by atoms with Crippen molar-refractivity contribution in [2.45, 2.75) is 25.8 Å². The Labute approximate surface area is 78.2 Å². The van der Waals surface area contributed by atoms with Crippen molar-refractivity contribution in [3.8, 4) is 6.07 Å². The first-order valence-electron chi connectivity index (χ1n) is 4.36. The molecular weight excluding hydrogens is 162 g/mol. The molecule has 1 aromatic rings. The van der Waals surface area contributed by atoms with Gasteiger partial charge >= 0.3 is 0 Å². The summed E-state index contributed by atoms with van der Waals surface area (Å²) in [4.78, 5) is 4.19. The van der Waals surface area contributed by atoms with Crippen molar-refractivity contribution in [1.82, 2.24) is 4.98 Å². The average Bonchev–Trinajstić information content (AvgIpc) is 2.18. The molecule has 3 heteroatoms. The molecule has 0 aliphatic heterocycles. The molecule has 0 aromatic carbocycles. The van der Waals surface area contributed by atoms with Gasteiger partial charge in [0.2, 0.25) is 0 Å². The highest BCUT2D eigenvalue weighted by atomic mass is 14.8. The number of nitrogens with zero attached hydrogens (tertiary/aromatic N) is 2. The topological polar surface area (TPSA) is 62.7 Å². The van der Waals surface area contributed by atoms with Crippen LogP contribution in [0.3, 0.4) is 0 Å². The highest BCUT2D eigenvalue weighted by molar-refractivity contribution is 5.23. The summed E-state index contributed by atoms with van der Waals surface area (Å²) in [5, 5.41) is 8.50. The van der Waals surface area contributed by atoms with Gasteiger partial charge in [-0.3, -0.25) is 4.98 Å². The Balaban J connectivity index is 2.93. The molecule has 1 rings (SSSR count). The van der Waals surface area contributed by atoms with Crippen molar-refractivity contribution >= 4 is 0 Å². The van der Waals surface area contributed by atoms with E-state index in [0.29, 0.717) is 6.42 Å². The van der Waals surface area contributed by atoms with Crippen LogP contribution in [0, 0.1) is 11.3 Å². The van der Waals surface area contributed by atoms with Crippen LogP contribution in [-0.2, 0) is 6.42 Å². The summed E-state index contributed by atoms with van der Waals surface area (Å²) in [7, 11) is 0. The molecule has 0 spiro atoms. The molecule has 0 saturated heterocycles. The van der Waals surface area contributed by atoms with E-state index < -0.39 is 0 Å². The predicted octanol–water partition coefficient (Wildman–Crippen LogP) is 1.56. The fraction of sp³-hybridized carbons (Fsp3) is 0.400. The summed E-state index contributed by atoms with van der Waals surface area (Å²) in [6.07, 6.45) is 2.94. The third kappa shape index (κ3) is 2.27. The van der Waals surface area contributed by atoms with Crippen molar-refractivity contribution < 1.29 is 0 Å². The van der Waals surface area contributed by atoms with Crippen molar-refractivity contribution in [1.29, 1.82) is 5.26 Å². The fourth-order valence-corrected chi connectivity index (χ4v) is 1.28. The molecule has 1 aromatic heterocycles. The Morgan fingerprint density at radius 3 is 3.08 bits per heavy atom. The SMILES string of the molecule is CCc1cccnc1[C@H](N)CC#N. The van der Waals surface area contributed by atoms with Crippen molar-refractivity contribution in [3.63, 3.8) is 0 Å². The summed E-state index contributed by atoms with van der Waals surface area (Å²) in [6, 6.07) is 5.69. The maximum Gasteiger partial charge on any atom is 0.0642 e. The third-order valence-electron chi connectivity index (χ3n) is 1.97. The third-order valence-corrected chi connectivity index (χ3v) is 1.97. The monoisotopic (exact) mass is 175 g/mol. The van der Waals surface area contributed by atoms with E-state index in [9.17, 15) is 0 Å². The van der Waals surface area contributed by atoms with E-state index in [1.54, 1.807) is 6.20 Å². The van der Waals surface area contributed by atoms with Crippen LogP contribution in [0.2, 0.25) is 0 Å². The van der Waals surface area contributed by atoms with Crippen LogP contribution >= 0.6 is 0 Å². The highest BCUT2D eigenvalue weighted by Crippen LogP contribution is 2.15. The molecule has 0 aliphatic rings. The number of pyridine rings is 1. The van der Waals surface area contributed by atoms with E-state index in [0.717, 1.165) is 17.7 Å². The molecule has 0 radical (unpaired) electrons. The van der Waals surface area contributed by atoms with Crippen LogP contribution in [0.5, 0.6) is 0 Å². The largest absolute Gasteiger partial charge is 0.322 e. The molecule has 68 valence electrons. The Morgan fingerprint density at radius 2 is 2.46 bits per heavy atom. The lowest BCUT2D eigenvalue weighted by Crippen LogP contribution is -2.13. The molecule has 0 unspecified atom stereocenters. The first-order chi connectivity index (χ1) is 6.29. The summed E-state index contributed by atoms with van der Waals surface area (Å²) in [5.74, 6) is 0. The van der Waals surface area contributed by atoms with Gasteiger partial charge in [-0.05, 0) is 18.1 Å². The molecule has 2 N–H and O–H groups in total. The van der Waals surface area contributed by atoms with E-state index in [4.69, 9.17) is 11.0 Å². The van der Waals surface area contributed by atoms with Crippen LogP contribution in [0.25, 0.3) is 0 Å². The zero-order valence-electron chi connectivity index (χ0n) is 7.70. The van der Waals surface area contributed by atoms with Gasteiger partial charge in [0.1, 0.15) is 0 Å². The molecule has 0 amide bonds. The number of nitriles is 1. The van der Waals surface area contributed by atoms with Gasteiger partial charge < -0.3 is 5.73 Å². The fourth-order valence-electron chi connectivity index (χ4n) is 1.28. The quantitative estimate of drug-likeness (QED) is 0.758. The number of aromatic nitrogens is 1. The number of hydrogen-bond donors (Lipinski definition) is 1. The molecule has 3 nitrogen and oxygen atoms in total. The Morgan fingerprint density at radius 1 is 1.69 bits per heavy atom. The summed E-state index contributed by atoms with van der Waals surface area (Å²) in [6.45, 7) is 2.06. The van der Waals surface area contributed by atoms with Gasteiger partial charge in [-0.15, -0.1) is 0 Å². The first-order valence-corrected chi connectivity index (χ1v) is 4.36. The van der Waals surface area contributed by atoms with Crippen molar-refractivity contribution in [2.24, 2.45) is 5.73 Å². The van der Waals surface area contributed by atoms with E-state index in [-0.39, 0.29) is 6.04 Å². The number of nitrogens with two attached hydrogens (primary N) is 1. The van der Waals surface area contributed by atoms with E-state index >= 15 is 0 Å². The molecule has 1 heterocycles. The van der Waals surface area contributed by atoms with Crippen LogP contribution in [0.1, 0.15) is 30.6 Å². The molecule has 13 heavy (non-hydrogen) atoms. The molecule has 1 atom stereocenters.